The van der Waals surface area contributed by atoms with E-state index in [0.29, 0.717) is 18.9 Å². The number of anilines is 1. The molecule has 0 aliphatic carbocycles. The van der Waals surface area contributed by atoms with Gasteiger partial charge in [-0.2, -0.15) is 0 Å². The van der Waals surface area contributed by atoms with E-state index in [2.05, 4.69) is 32.7 Å². The first-order chi connectivity index (χ1) is 10.4. The molecule has 0 radical (unpaired) electrons. The topological polar surface area (TPSA) is 73.8 Å². The summed E-state index contributed by atoms with van der Waals surface area (Å²) < 4.78 is 23.0. The number of nitrogens with zero attached hydrogens (tertiary/aromatic N) is 2. The van der Waals surface area contributed by atoms with E-state index in [0.717, 1.165) is 11.3 Å². The molecular formula is C15H25IN4O2S. The van der Waals surface area contributed by atoms with Crippen LogP contribution in [0.4, 0.5) is 5.69 Å². The third-order valence-corrected chi connectivity index (χ3v) is 5.45. The third kappa shape index (κ3) is 6.17. The predicted octanol–water partition coefficient (Wildman–Crippen LogP) is 1.22. The van der Waals surface area contributed by atoms with Crippen LogP contribution in [0.1, 0.15) is 12.0 Å². The molecule has 8 heteroatoms. The van der Waals surface area contributed by atoms with Gasteiger partial charge in [0.05, 0.1) is 11.5 Å². The lowest BCUT2D eigenvalue weighted by molar-refractivity contribution is 0.599. The number of sulfone groups is 1. The normalized spacial score (nSPS) is 19.8. The molecule has 1 atom stereocenters. The number of aliphatic imine (C=N–C) groups is 1. The van der Waals surface area contributed by atoms with Crippen LogP contribution in [0.2, 0.25) is 0 Å². The predicted molar refractivity (Wildman–Crippen MR) is 107 cm³/mol. The van der Waals surface area contributed by atoms with Crippen molar-refractivity contribution in [1.82, 2.24) is 10.6 Å². The van der Waals surface area contributed by atoms with Gasteiger partial charge in [0.15, 0.2) is 15.8 Å². The molecule has 0 saturated carbocycles. The Labute approximate surface area is 155 Å². The highest BCUT2D eigenvalue weighted by Gasteiger charge is 2.28. The van der Waals surface area contributed by atoms with Gasteiger partial charge in [-0.15, -0.1) is 24.0 Å². The Balaban J connectivity index is 0.00000264. The summed E-state index contributed by atoms with van der Waals surface area (Å²) in [4.78, 5) is 6.22. The van der Waals surface area contributed by atoms with E-state index in [1.165, 1.54) is 0 Å². The summed E-state index contributed by atoms with van der Waals surface area (Å²) in [7, 11) is 2.82. The average Bonchev–Trinajstić information content (AvgIpc) is 2.82. The van der Waals surface area contributed by atoms with E-state index in [1.54, 1.807) is 7.05 Å². The lowest BCUT2D eigenvalue weighted by Gasteiger charge is -2.17. The second-order valence-electron chi connectivity index (χ2n) is 5.73. The van der Waals surface area contributed by atoms with Gasteiger partial charge in [0, 0.05) is 39.4 Å². The van der Waals surface area contributed by atoms with Crippen molar-refractivity contribution in [2.75, 3.05) is 37.5 Å². The Kier molecular flexibility index (Phi) is 7.59. The molecule has 0 aromatic heterocycles. The first-order valence-electron chi connectivity index (χ1n) is 7.33. The van der Waals surface area contributed by atoms with Crippen LogP contribution in [-0.4, -0.2) is 53.1 Å². The van der Waals surface area contributed by atoms with Gasteiger partial charge in [0.2, 0.25) is 0 Å². The fraction of sp³-hybridized carbons (Fsp3) is 0.533. The molecule has 0 spiro atoms. The summed E-state index contributed by atoms with van der Waals surface area (Å²) >= 11 is 0. The maximum atomic E-state index is 11.5. The Morgan fingerprint density at radius 2 is 2.13 bits per heavy atom. The fourth-order valence-electron chi connectivity index (χ4n) is 2.43. The van der Waals surface area contributed by atoms with Crippen molar-refractivity contribution >= 4 is 45.5 Å². The lowest BCUT2D eigenvalue weighted by atomic mass is 10.2. The number of rotatable bonds is 4. The zero-order valence-electron chi connectivity index (χ0n) is 13.7. The van der Waals surface area contributed by atoms with E-state index < -0.39 is 9.84 Å². The largest absolute Gasteiger partial charge is 0.378 e. The minimum Gasteiger partial charge on any atom is -0.378 e. The van der Waals surface area contributed by atoms with Crippen molar-refractivity contribution in [3.05, 3.63) is 29.8 Å². The molecule has 2 rings (SSSR count). The molecule has 1 aromatic carbocycles. The average molecular weight is 452 g/mol. The second kappa shape index (κ2) is 8.72. The minimum atomic E-state index is -2.88. The van der Waals surface area contributed by atoms with Gasteiger partial charge in [-0.1, -0.05) is 12.1 Å². The van der Waals surface area contributed by atoms with E-state index in [-0.39, 0.29) is 41.5 Å². The summed E-state index contributed by atoms with van der Waals surface area (Å²) in [6.45, 7) is 0.640. The molecule has 6 nitrogen and oxygen atoms in total. The zero-order chi connectivity index (χ0) is 16.2. The number of nitrogens with one attached hydrogen (secondary N) is 2. The molecule has 1 aromatic rings. The summed E-state index contributed by atoms with van der Waals surface area (Å²) in [6, 6.07) is 8.18. The molecule has 1 saturated heterocycles. The molecule has 2 N–H and O–H groups in total. The third-order valence-electron chi connectivity index (χ3n) is 3.68. The van der Waals surface area contributed by atoms with Crippen molar-refractivity contribution in [2.45, 2.75) is 19.0 Å². The zero-order valence-corrected chi connectivity index (χ0v) is 16.9. The van der Waals surface area contributed by atoms with E-state index in [1.807, 2.05) is 26.2 Å². The Morgan fingerprint density at radius 1 is 1.39 bits per heavy atom. The van der Waals surface area contributed by atoms with Gasteiger partial charge >= 0.3 is 0 Å². The van der Waals surface area contributed by atoms with Gasteiger partial charge < -0.3 is 15.5 Å². The van der Waals surface area contributed by atoms with Crippen LogP contribution < -0.4 is 15.5 Å². The molecule has 23 heavy (non-hydrogen) atoms. The first kappa shape index (κ1) is 20.0. The summed E-state index contributed by atoms with van der Waals surface area (Å²) in [5.41, 5.74) is 2.29. The molecule has 1 unspecified atom stereocenters. The Bertz CT molecular complexity index is 647. The first-order valence-corrected chi connectivity index (χ1v) is 9.15. The van der Waals surface area contributed by atoms with Crippen LogP contribution in [-0.2, 0) is 16.4 Å². The lowest BCUT2D eigenvalue weighted by Crippen LogP contribution is -2.43. The maximum Gasteiger partial charge on any atom is 0.191 e. The molecule has 0 amide bonds. The smallest absolute Gasteiger partial charge is 0.191 e. The van der Waals surface area contributed by atoms with Crippen molar-refractivity contribution in [2.24, 2.45) is 4.99 Å². The van der Waals surface area contributed by atoms with Crippen LogP contribution in [0.25, 0.3) is 0 Å². The standard InChI is InChI=1S/C15H24N4O2S.HI/c1-16-15(18-13-7-8-22(20,21)11-13)17-10-12-5-4-6-14(9-12)19(2)3;/h4-6,9,13H,7-8,10-11H2,1-3H3,(H2,16,17,18);1H. The second-order valence-corrected chi connectivity index (χ2v) is 7.96. The number of halogens is 1. The molecule has 130 valence electrons. The molecule has 0 bridgehead atoms. The quantitative estimate of drug-likeness (QED) is 0.409. The molecule has 1 heterocycles. The highest BCUT2D eigenvalue weighted by atomic mass is 127. The van der Waals surface area contributed by atoms with Gasteiger partial charge in [-0.25, -0.2) is 8.42 Å². The highest BCUT2D eigenvalue weighted by Crippen LogP contribution is 2.13. The monoisotopic (exact) mass is 452 g/mol. The summed E-state index contributed by atoms with van der Waals surface area (Å²) in [6.07, 6.45) is 0.638. The van der Waals surface area contributed by atoms with Crippen LogP contribution in [0.5, 0.6) is 0 Å². The number of hydrogen-bond donors (Lipinski definition) is 2. The van der Waals surface area contributed by atoms with Gasteiger partial charge in [0.25, 0.3) is 0 Å². The fourth-order valence-corrected chi connectivity index (χ4v) is 4.10. The van der Waals surface area contributed by atoms with Crippen molar-refractivity contribution in [3.63, 3.8) is 0 Å². The molecule has 1 aliphatic heterocycles. The van der Waals surface area contributed by atoms with E-state index >= 15 is 0 Å². The van der Waals surface area contributed by atoms with Crippen molar-refractivity contribution in [1.29, 1.82) is 0 Å². The van der Waals surface area contributed by atoms with Gasteiger partial charge in [-0.05, 0) is 24.1 Å². The summed E-state index contributed by atoms with van der Waals surface area (Å²) in [5.74, 6) is 1.08. The number of guanidine groups is 1. The highest BCUT2D eigenvalue weighted by molar-refractivity contribution is 14.0. The maximum absolute atomic E-state index is 11.5. The number of hydrogen-bond acceptors (Lipinski definition) is 4. The van der Waals surface area contributed by atoms with Crippen LogP contribution in [0, 0.1) is 0 Å². The van der Waals surface area contributed by atoms with Gasteiger partial charge in [-0.3, -0.25) is 4.99 Å². The Morgan fingerprint density at radius 3 is 2.70 bits per heavy atom. The van der Waals surface area contributed by atoms with E-state index in [9.17, 15) is 8.42 Å². The molecule has 1 fully saturated rings. The van der Waals surface area contributed by atoms with E-state index in [4.69, 9.17) is 0 Å². The van der Waals surface area contributed by atoms with Crippen molar-refractivity contribution < 1.29 is 8.42 Å². The summed E-state index contributed by atoms with van der Waals surface area (Å²) in [5, 5.41) is 6.41. The number of benzene rings is 1. The van der Waals surface area contributed by atoms with Crippen molar-refractivity contribution in [3.8, 4) is 0 Å². The van der Waals surface area contributed by atoms with Crippen LogP contribution in [0.15, 0.2) is 29.3 Å². The van der Waals surface area contributed by atoms with Gasteiger partial charge in [0.1, 0.15) is 0 Å². The SMILES string of the molecule is CN=C(NCc1cccc(N(C)C)c1)NC1CCS(=O)(=O)C1.I. The minimum absolute atomic E-state index is 0. The van der Waals surface area contributed by atoms with Crippen LogP contribution >= 0.6 is 24.0 Å². The Hall–Kier alpha value is -1.03. The molecular weight excluding hydrogens is 427 g/mol. The molecule has 1 aliphatic rings. The van der Waals surface area contributed by atoms with Crippen LogP contribution in [0.3, 0.4) is 0 Å².